The predicted octanol–water partition coefficient (Wildman–Crippen LogP) is 3.77. The molecule has 0 aromatic heterocycles. The monoisotopic (exact) mass is 454 g/mol. The third kappa shape index (κ3) is 2.80. The Labute approximate surface area is 164 Å². The van der Waals surface area contributed by atoms with Crippen LogP contribution in [0.1, 0.15) is 24.8 Å². The molecule has 9 heteroatoms. The summed E-state index contributed by atoms with van der Waals surface area (Å²) in [5.74, 6) is -0.734. The van der Waals surface area contributed by atoms with Gasteiger partial charge >= 0.3 is 0 Å². The zero-order valence-corrected chi connectivity index (χ0v) is 16.7. The Balaban J connectivity index is 1.74. The molecule has 27 heavy (non-hydrogen) atoms. The SMILES string of the molecule is COc1cc(F)ccc1S(=O)(=O)Nc1cc(Br)c2c(c1)C1(CCC1)C(=O)N2. The molecule has 0 unspecified atom stereocenters. The molecule has 2 N–H and O–H groups in total. The molecule has 0 bridgehead atoms. The molecule has 2 aliphatic rings. The number of fused-ring (bicyclic) bond motifs is 2. The summed E-state index contributed by atoms with van der Waals surface area (Å²) < 4.78 is 47.1. The Morgan fingerprint density at radius 3 is 2.63 bits per heavy atom. The molecule has 1 fully saturated rings. The molecule has 1 saturated carbocycles. The first-order valence-corrected chi connectivity index (χ1v) is 10.6. The van der Waals surface area contributed by atoms with Gasteiger partial charge in [0, 0.05) is 10.5 Å². The van der Waals surface area contributed by atoms with Crippen LogP contribution in [0.3, 0.4) is 0 Å². The third-order valence-electron chi connectivity index (χ3n) is 5.15. The standard InChI is InChI=1S/C18H16BrFN2O4S/c1-26-14-7-10(20)3-4-15(14)27(24,25)22-11-8-12-16(13(19)9-11)21-17(23)18(12)5-2-6-18/h3-4,7-9,22H,2,5-6H2,1H3,(H,21,23). The third-order valence-corrected chi connectivity index (χ3v) is 7.20. The van der Waals surface area contributed by atoms with E-state index in [1.54, 1.807) is 12.1 Å². The van der Waals surface area contributed by atoms with Crippen molar-refractivity contribution in [2.75, 3.05) is 17.1 Å². The molecule has 2 aromatic rings. The van der Waals surface area contributed by atoms with E-state index in [1.165, 1.54) is 7.11 Å². The first-order valence-electron chi connectivity index (χ1n) is 8.29. The Morgan fingerprint density at radius 2 is 2.00 bits per heavy atom. The number of carbonyl (C=O) groups is 1. The molecule has 0 atom stereocenters. The highest BCUT2D eigenvalue weighted by molar-refractivity contribution is 9.10. The summed E-state index contributed by atoms with van der Waals surface area (Å²) in [5, 5.41) is 2.88. The van der Waals surface area contributed by atoms with Crippen LogP contribution < -0.4 is 14.8 Å². The summed E-state index contributed by atoms with van der Waals surface area (Å²) in [4.78, 5) is 12.2. The molecule has 0 saturated heterocycles. The number of nitrogens with one attached hydrogen (secondary N) is 2. The van der Waals surface area contributed by atoms with Crippen molar-refractivity contribution in [2.24, 2.45) is 0 Å². The van der Waals surface area contributed by atoms with Crippen LogP contribution in [0.25, 0.3) is 0 Å². The number of anilines is 2. The van der Waals surface area contributed by atoms with Crippen LogP contribution in [0.4, 0.5) is 15.8 Å². The van der Waals surface area contributed by atoms with Gasteiger partial charge in [-0.15, -0.1) is 0 Å². The van der Waals surface area contributed by atoms with Gasteiger partial charge in [-0.3, -0.25) is 9.52 Å². The van der Waals surface area contributed by atoms with E-state index >= 15 is 0 Å². The highest BCUT2D eigenvalue weighted by Crippen LogP contribution is 2.53. The summed E-state index contributed by atoms with van der Waals surface area (Å²) in [6.07, 6.45) is 2.42. The normalized spacial score (nSPS) is 17.2. The van der Waals surface area contributed by atoms with Crippen LogP contribution in [0.5, 0.6) is 5.75 Å². The fourth-order valence-corrected chi connectivity index (χ4v) is 5.38. The van der Waals surface area contributed by atoms with Crippen LogP contribution in [-0.2, 0) is 20.2 Å². The highest BCUT2D eigenvalue weighted by Gasteiger charge is 2.51. The predicted molar refractivity (Wildman–Crippen MR) is 102 cm³/mol. The van der Waals surface area contributed by atoms with Crippen LogP contribution in [0.2, 0.25) is 0 Å². The zero-order valence-electron chi connectivity index (χ0n) is 14.3. The fraction of sp³-hybridized carbons (Fsp3) is 0.278. The van der Waals surface area contributed by atoms with Crippen LogP contribution in [0.15, 0.2) is 39.7 Å². The second kappa shape index (κ2) is 6.20. The summed E-state index contributed by atoms with van der Waals surface area (Å²) in [6.45, 7) is 0. The van der Waals surface area contributed by atoms with Crippen LogP contribution in [0, 0.1) is 5.82 Å². The Hall–Kier alpha value is -2.13. The van der Waals surface area contributed by atoms with Crippen molar-refractivity contribution in [2.45, 2.75) is 29.6 Å². The minimum absolute atomic E-state index is 0.0512. The summed E-state index contributed by atoms with van der Waals surface area (Å²) in [7, 11) is -2.74. The number of halogens is 2. The zero-order chi connectivity index (χ0) is 19.4. The molecule has 1 heterocycles. The Kier molecular flexibility index (Phi) is 4.19. The van der Waals surface area contributed by atoms with Crippen LogP contribution >= 0.6 is 15.9 Å². The maximum absolute atomic E-state index is 13.4. The quantitative estimate of drug-likeness (QED) is 0.735. The van der Waals surface area contributed by atoms with E-state index in [9.17, 15) is 17.6 Å². The Morgan fingerprint density at radius 1 is 1.26 bits per heavy atom. The topological polar surface area (TPSA) is 84.5 Å². The first-order chi connectivity index (χ1) is 12.8. The van der Waals surface area contributed by atoms with Gasteiger partial charge in [-0.2, -0.15) is 0 Å². The highest BCUT2D eigenvalue weighted by atomic mass is 79.9. The average Bonchev–Trinajstić information content (AvgIpc) is 2.86. The summed E-state index contributed by atoms with van der Waals surface area (Å²) in [6, 6.07) is 6.49. The molecular formula is C18H16BrFN2O4S. The summed E-state index contributed by atoms with van der Waals surface area (Å²) in [5.41, 5.74) is 1.21. The smallest absolute Gasteiger partial charge is 0.265 e. The second-order valence-corrected chi connectivity index (χ2v) is 9.18. The molecule has 1 aliphatic carbocycles. The molecule has 1 spiro atoms. The van der Waals surface area contributed by atoms with Crippen molar-refractivity contribution in [3.05, 3.63) is 46.2 Å². The van der Waals surface area contributed by atoms with Gasteiger partial charge in [0.05, 0.1) is 23.9 Å². The molecule has 142 valence electrons. The van der Waals surface area contributed by atoms with Gasteiger partial charge in [0.2, 0.25) is 5.91 Å². The second-order valence-electron chi connectivity index (χ2n) is 6.67. The molecule has 1 aliphatic heterocycles. The van der Waals surface area contributed by atoms with Crippen LogP contribution in [-0.4, -0.2) is 21.4 Å². The lowest BCUT2D eigenvalue weighted by Crippen LogP contribution is -2.40. The fourth-order valence-electron chi connectivity index (χ4n) is 3.63. The van der Waals surface area contributed by atoms with Crippen molar-refractivity contribution < 1.29 is 22.3 Å². The van der Waals surface area contributed by atoms with E-state index in [1.807, 2.05) is 0 Å². The van der Waals surface area contributed by atoms with Gasteiger partial charge in [-0.05, 0) is 58.6 Å². The van der Waals surface area contributed by atoms with Crippen molar-refractivity contribution in [3.63, 3.8) is 0 Å². The van der Waals surface area contributed by atoms with Gasteiger partial charge in [0.25, 0.3) is 10.0 Å². The van der Waals surface area contributed by atoms with Gasteiger partial charge in [-0.25, -0.2) is 12.8 Å². The van der Waals surface area contributed by atoms with E-state index in [0.29, 0.717) is 15.8 Å². The number of carbonyl (C=O) groups excluding carboxylic acids is 1. The van der Waals surface area contributed by atoms with Gasteiger partial charge in [0.15, 0.2) is 0 Å². The molecular weight excluding hydrogens is 439 g/mol. The van der Waals surface area contributed by atoms with E-state index < -0.39 is 21.3 Å². The number of ether oxygens (including phenoxy) is 1. The lowest BCUT2D eigenvalue weighted by Gasteiger charge is -2.36. The van der Waals surface area contributed by atoms with Crippen molar-refractivity contribution >= 4 is 43.2 Å². The average molecular weight is 455 g/mol. The van der Waals surface area contributed by atoms with Gasteiger partial charge < -0.3 is 10.1 Å². The number of methoxy groups -OCH3 is 1. The first kappa shape index (κ1) is 18.2. The molecule has 2 aromatic carbocycles. The maximum Gasteiger partial charge on any atom is 0.265 e. The number of hydrogen-bond donors (Lipinski definition) is 2. The number of sulfonamides is 1. The largest absolute Gasteiger partial charge is 0.495 e. The minimum atomic E-state index is -4.01. The molecule has 1 amide bonds. The van der Waals surface area contributed by atoms with E-state index in [-0.39, 0.29) is 16.6 Å². The van der Waals surface area contributed by atoms with Crippen molar-refractivity contribution in [3.8, 4) is 5.75 Å². The lowest BCUT2D eigenvalue weighted by molar-refractivity contribution is -0.123. The summed E-state index contributed by atoms with van der Waals surface area (Å²) >= 11 is 3.41. The number of hydrogen-bond acceptors (Lipinski definition) is 4. The van der Waals surface area contributed by atoms with E-state index in [0.717, 1.165) is 43.0 Å². The Bertz CT molecular complexity index is 1070. The van der Waals surface area contributed by atoms with Gasteiger partial charge in [-0.1, -0.05) is 6.42 Å². The van der Waals surface area contributed by atoms with E-state index in [2.05, 4.69) is 26.0 Å². The molecule has 6 nitrogen and oxygen atoms in total. The molecule has 4 rings (SSSR count). The van der Waals surface area contributed by atoms with E-state index in [4.69, 9.17) is 4.74 Å². The maximum atomic E-state index is 13.4. The number of rotatable bonds is 4. The molecule has 0 radical (unpaired) electrons. The number of benzene rings is 2. The minimum Gasteiger partial charge on any atom is -0.495 e. The number of amides is 1. The van der Waals surface area contributed by atoms with Crippen molar-refractivity contribution in [1.82, 2.24) is 0 Å². The lowest BCUT2D eigenvalue weighted by atomic mass is 9.65. The van der Waals surface area contributed by atoms with Gasteiger partial charge in [0.1, 0.15) is 16.5 Å². The van der Waals surface area contributed by atoms with Crippen molar-refractivity contribution in [1.29, 1.82) is 0 Å².